The number of hydrogen-bond acceptors (Lipinski definition) is 6. The van der Waals surface area contributed by atoms with Crippen molar-refractivity contribution in [3.05, 3.63) is 104 Å². The minimum Gasteiger partial charge on any atom is -0.488 e. The Morgan fingerprint density at radius 1 is 1.00 bits per heavy atom. The third kappa shape index (κ3) is 4.86. The minimum atomic E-state index is -0.843. The SMILES string of the molecule is O=C1NC(=O)N(c2ccc(Br)cc2)C(=O)/C1=C/c1ccccc1OCc1cccc([N+](=O)[O-])c1. The second-order valence-electron chi connectivity index (χ2n) is 7.19. The second-order valence-corrected chi connectivity index (χ2v) is 8.10. The molecule has 0 aromatic heterocycles. The molecule has 34 heavy (non-hydrogen) atoms. The van der Waals surface area contributed by atoms with Crippen molar-refractivity contribution >= 4 is 51.2 Å². The number of nitro benzene ring substituents is 1. The first-order valence-corrected chi connectivity index (χ1v) is 10.7. The zero-order valence-electron chi connectivity index (χ0n) is 17.4. The van der Waals surface area contributed by atoms with E-state index in [4.69, 9.17) is 4.74 Å². The smallest absolute Gasteiger partial charge is 0.335 e. The molecule has 1 N–H and O–H groups in total. The van der Waals surface area contributed by atoms with Crippen molar-refractivity contribution in [3.8, 4) is 5.75 Å². The Morgan fingerprint density at radius 3 is 2.47 bits per heavy atom. The van der Waals surface area contributed by atoms with Crippen molar-refractivity contribution < 1.29 is 24.0 Å². The van der Waals surface area contributed by atoms with Crippen LogP contribution in [0, 0.1) is 10.1 Å². The molecule has 1 aliphatic heterocycles. The van der Waals surface area contributed by atoms with E-state index < -0.39 is 22.8 Å². The Balaban J connectivity index is 1.62. The van der Waals surface area contributed by atoms with Crippen LogP contribution in [0.15, 0.2) is 82.8 Å². The molecule has 1 heterocycles. The van der Waals surface area contributed by atoms with Gasteiger partial charge >= 0.3 is 6.03 Å². The van der Waals surface area contributed by atoms with Gasteiger partial charge in [-0.3, -0.25) is 25.0 Å². The third-order valence-electron chi connectivity index (χ3n) is 4.92. The molecule has 0 atom stereocenters. The lowest BCUT2D eigenvalue weighted by Crippen LogP contribution is -2.54. The van der Waals surface area contributed by atoms with Crippen molar-refractivity contribution in [3.63, 3.8) is 0 Å². The molecule has 1 saturated heterocycles. The number of nitrogens with zero attached hydrogens (tertiary/aromatic N) is 2. The number of nitrogens with one attached hydrogen (secondary N) is 1. The maximum atomic E-state index is 13.1. The highest BCUT2D eigenvalue weighted by Crippen LogP contribution is 2.27. The van der Waals surface area contributed by atoms with Gasteiger partial charge in [0.15, 0.2) is 0 Å². The van der Waals surface area contributed by atoms with Crippen LogP contribution in [0.2, 0.25) is 0 Å². The number of imide groups is 2. The zero-order chi connectivity index (χ0) is 24.2. The predicted molar refractivity (Wildman–Crippen MR) is 127 cm³/mol. The van der Waals surface area contributed by atoms with Crippen LogP contribution < -0.4 is 15.0 Å². The summed E-state index contributed by atoms with van der Waals surface area (Å²) < 4.78 is 6.59. The van der Waals surface area contributed by atoms with Gasteiger partial charge in [0.2, 0.25) is 0 Å². The average Bonchev–Trinajstić information content (AvgIpc) is 2.82. The van der Waals surface area contributed by atoms with Crippen LogP contribution in [0.5, 0.6) is 5.75 Å². The number of ether oxygens (including phenoxy) is 1. The Hall–Kier alpha value is -4.31. The summed E-state index contributed by atoms with van der Waals surface area (Å²) in [4.78, 5) is 49.3. The number of non-ortho nitro benzene ring substituents is 1. The maximum Gasteiger partial charge on any atom is 0.335 e. The van der Waals surface area contributed by atoms with E-state index in [9.17, 15) is 24.5 Å². The summed E-state index contributed by atoms with van der Waals surface area (Å²) in [6.07, 6.45) is 1.35. The molecule has 4 rings (SSSR count). The van der Waals surface area contributed by atoms with Crippen LogP contribution >= 0.6 is 15.9 Å². The van der Waals surface area contributed by atoms with Gasteiger partial charge in [0.25, 0.3) is 17.5 Å². The lowest BCUT2D eigenvalue weighted by molar-refractivity contribution is -0.384. The van der Waals surface area contributed by atoms with E-state index in [1.165, 1.54) is 18.2 Å². The van der Waals surface area contributed by atoms with Crippen LogP contribution in [0.25, 0.3) is 6.08 Å². The molecular weight excluding hydrogens is 506 g/mol. The first-order valence-electron chi connectivity index (χ1n) is 9.95. The highest BCUT2D eigenvalue weighted by Gasteiger charge is 2.36. The minimum absolute atomic E-state index is 0.0332. The maximum absolute atomic E-state index is 13.1. The molecule has 0 saturated carbocycles. The van der Waals surface area contributed by atoms with Crippen LogP contribution in [0.4, 0.5) is 16.2 Å². The lowest BCUT2D eigenvalue weighted by atomic mass is 10.1. The summed E-state index contributed by atoms with van der Waals surface area (Å²) in [6, 6.07) is 18.4. The van der Waals surface area contributed by atoms with Crippen molar-refractivity contribution in [1.82, 2.24) is 5.32 Å². The normalized spacial score (nSPS) is 14.8. The number of barbiturate groups is 1. The van der Waals surface area contributed by atoms with Crippen LogP contribution in [-0.2, 0) is 16.2 Å². The van der Waals surface area contributed by atoms with E-state index in [1.54, 1.807) is 60.7 Å². The standard InChI is InChI=1S/C24H16BrN3O6/c25-17-8-10-18(11-9-17)27-23(30)20(22(29)26-24(27)31)13-16-5-1-2-7-21(16)34-14-15-4-3-6-19(12-15)28(32)33/h1-13H,14H2,(H,26,29,31)/b20-13+. The molecule has 0 spiro atoms. The zero-order valence-corrected chi connectivity index (χ0v) is 19.0. The summed E-state index contributed by atoms with van der Waals surface area (Å²) in [5.74, 6) is -1.24. The Bertz CT molecular complexity index is 1340. The van der Waals surface area contributed by atoms with Crippen LogP contribution in [-0.4, -0.2) is 22.8 Å². The Labute approximate surface area is 201 Å². The molecule has 170 valence electrons. The first kappa shape index (κ1) is 22.9. The van der Waals surface area contributed by atoms with E-state index in [0.29, 0.717) is 22.6 Å². The Morgan fingerprint density at radius 2 is 1.74 bits per heavy atom. The molecule has 4 amide bonds. The second kappa shape index (κ2) is 9.67. The fourth-order valence-corrected chi connectivity index (χ4v) is 3.55. The molecule has 10 heteroatoms. The molecule has 1 aliphatic rings. The van der Waals surface area contributed by atoms with Gasteiger partial charge in [-0.2, -0.15) is 0 Å². The van der Waals surface area contributed by atoms with Crippen LogP contribution in [0.1, 0.15) is 11.1 Å². The number of para-hydroxylation sites is 1. The van der Waals surface area contributed by atoms with Gasteiger partial charge in [-0.05, 0) is 42.0 Å². The molecule has 1 fully saturated rings. The number of halogens is 1. The largest absolute Gasteiger partial charge is 0.488 e. The van der Waals surface area contributed by atoms with E-state index in [2.05, 4.69) is 21.2 Å². The third-order valence-corrected chi connectivity index (χ3v) is 5.45. The van der Waals surface area contributed by atoms with Crippen molar-refractivity contribution in [2.24, 2.45) is 0 Å². The number of urea groups is 1. The quantitative estimate of drug-likeness (QED) is 0.219. The number of amides is 4. The molecule has 3 aromatic rings. The van der Waals surface area contributed by atoms with Gasteiger partial charge in [0.1, 0.15) is 17.9 Å². The summed E-state index contributed by atoms with van der Waals surface area (Å²) in [5, 5.41) is 13.2. The number of benzene rings is 3. The van der Waals surface area contributed by atoms with Crippen molar-refractivity contribution in [2.45, 2.75) is 6.61 Å². The molecule has 0 aliphatic carbocycles. The fraction of sp³-hybridized carbons (Fsp3) is 0.0417. The average molecular weight is 522 g/mol. The number of rotatable bonds is 6. The summed E-state index contributed by atoms with van der Waals surface area (Å²) in [6.45, 7) is 0.0332. The summed E-state index contributed by atoms with van der Waals surface area (Å²) in [5.41, 5.74) is 1.01. The van der Waals surface area contributed by atoms with E-state index in [-0.39, 0.29) is 17.9 Å². The first-order chi connectivity index (χ1) is 16.3. The highest BCUT2D eigenvalue weighted by molar-refractivity contribution is 9.10. The van der Waals surface area contributed by atoms with Gasteiger partial charge in [-0.25, -0.2) is 9.69 Å². The van der Waals surface area contributed by atoms with Gasteiger partial charge in [0.05, 0.1) is 10.6 Å². The highest BCUT2D eigenvalue weighted by atomic mass is 79.9. The number of carbonyl (C=O) groups excluding carboxylic acids is 3. The number of anilines is 1. The van der Waals surface area contributed by atoms with Gasteiger partial charge in [-0.15, -0.1) is 0 Å². The van der Waals surface area contributed by atoms with Crippen molar-refractivity contribution in [1.29, 1.82) is 0 Å². The molecule has 3 aromatic carbocycles. The monoisotopic (exact) mass is 521 g/mol. The topological polar surface area (TPSA) is 119 Å². The van der Waals surface area contributed by atoms with E-state index >= 15 is 0 Å². The van der Waals surface area contributed by atoms with Gasteiger partial charge < -0.3 is 4.74 Å². The predicted octanol–water partition coefficient (Wildman–Crippen LogP) is 4.60. The summed E-state index contributed by atoms with van der Waals surface area (Å²) in [7, 11) is 0. The van der Waals surface area contributed by atoms with E-state index in [1.807, 2.05) is 0 Å². The summed E-state index contributed by atoms with van der Waals surface area (Å²) >= 11 is 3.30. The van der Waals surface area contributed by atoms with Crippen LogP contribution in [0.3, 0.4) is 0 Å². The number of hydrogen-bond donors (Lipinski definition) is 1. The number of nitro groups is 1. The molecule has 9 nitrogen and oxygen atoms in total. The van der Waals surface area contributed by atoms with Crippen molar-refractivity contribution in [2.75, 3.05) is 4.90 Å². The lowest BCUT2D eigenvalue weighted by Gasteiger charge is -2.26. The fourth-order valence-electron chi connectivity index (χ4n) is 3.29. The number of carbonyl (C=O) groups is 3. The van der Waals surface area contributed by atoms with Gasteiger partial charge in [0, 0.05) is 22.2 Å². The van der Waals surface area contributed by atoms with Gasteiger partial charge in [-0.1, -0.05) is 46.3 Å². The molecular formula is C24H16BrN3O6. The molecule has 0 radical (unpaired) electrons. The molecule has 0 unspecified atom stereocenters. The Kier molecular flexibility index (Phi) is 6.51. The van der Waals surface area contributed by atoms with E-state index in [0.717, 1.165) is 9.37 Å². The molecule has 0 bridgehead atoms.